The molecule has 80 valence electrons. The Morgan fingerprint density at radius 2 is 1.79 bits per heavy atom. The number of hydrogen-bond donors (Lipinski definition) is 0. The van der Waals surface area contributed by atoms with Crippen molar-refractivity contribution in [2.45, 2.75) is 32.0 Å². The smallest absolute Gasteiger partial charge is 0.222 e. The lowest BCUT2D eigenvalue weighted by molar-refractivity contribution is -0.131. The van der Waals surface area contributed by atoms with E-state index in [1.165, 1.54) is 0 Å². The van der Waals surface area contributed by atoms with Crippen LogP contribution in [0.1, 0.15) is 19.8 Å². The molecule has 0 spiro atoms. The number of amides is 1. The second-order valence-corrected chi connectivity index (χ2v) is 3.96. The lowest BCUT2D eigenvalue weighted by atomic mass is 10.2. The molecule has 4 nitrogen and oxygen atoms in total. The highest BCUT2D eigenvalue weighted by Crippen LogP contribution is 2.16. The Kier molecular flexibility index (Phi) is 3.03. The van der Waals surface area contributed by atoms with E-state index in [1.54, 1.807) is 0 Å². The Morgan fingerprint density at radius 1 is 1.29 bits per heavy atom. The quantitative estimate of drug-likeness (QED) is 0.582. The van der Waals surface area contributed by atoms with Gasteiger partial charge in [0.2, 0.25) is 5.91 Å². The van der Waals surface area contributed by atoms with E-state index in [1.807, 2.05) is 11.8 Å². The molecule has 0 N–H and O–H groups in total. The molecule has 2 rings (SSSR count). The summed E-state index contributed by atoms with van der Waals surface area (Å²) in [4.78, 5) is 13.6. The molecule has 0 radical (unpaired) electrons. The van der Waals surface area contributed by atoms with Crippen molar-refractivity contribution in [3.63, 3.8) is 0 Å². The predicted octanol–water partition coefficient (Wildman–Crippen LogP) is 0.413. The fraction of sp³-hybridized carbons (Fsp3) is 0.900. The van der Waals surface area contributed by atoms with E-state index in [0.717, 1.165) is 32.7 Å². The van der Waals surface area contributed by atoms with Gasteiger partial charge in [0.05, 0.1) is 25.4 Å². The van der Waals surface area contributed by atoms with Crippen molar-refractivity contribution in [1.82, 2.24) is 4.90 Å². The fourth-order valence-electron chi connectivity index (χ4n) is 1.49. The molecule has 2 aliphatic heterocycles. The lowest BCUT2D eigenvalue weighted by Gasteiger charge is -2.20. The van der Waals surface area contributed by atoms with Crippen LogP contribution in [0.4, 0.5) is 0 Å². The summed E-state index contributed by atoms with van der Waals surface area (Å²) in [7, 11) is 0. The van der Waals surface area contributed by atoms with Crippen LogP contribution in [-0.4, -0.2) is 49.3 Å². The first kappa shape index (κ1) is 9.93. The average molecular weight is 199 g/mol. The van der Waals surface area contributed by atoms with Gasteiger partial charge in [-0.1, -0.05) is 6.92 Å². The van der Waals surface area contributed by atoms with Crippen LogP contribution in [0, 0.1) is 0 Å². The van der Waals surface area contributed by atoms with Gasteiger partial charge in [-0.05, 0) is 6.42 Å². The van der Waals surface area contributed by atoms with Gasteiger partial charge in [0, 0.05) is 19.5 Å². The van der Waals surface area contributed by atoms with Gasteiger partial charge in [-0.3, -0.25) is 4.79 Å². The molecule has 14 heavy (non-hydrogen) atoms. The standard InChI is InChI=1S/C10H17NO3/c1-2-3-10(12)11(4-8-6-13-8)5-9-7-14-9/h8-9H,2-7H2,1H3. The third kappa shape index (κ3) is 2.96. The third-order valence-corrected chi connectivity index (χ3v) is 2.47. The summed E-state index contributed by atoms with van der Waals surface area (Å²) in [6.45, 7) is 5.14. The number of rotatable bonds is 6. The summed E-state index contributed by atoms with van der Waals surface area (Å²) in [5.41, 5.74) is 0. The van der Waals surface area contributed by atoms with Crippen molar-refractivity contribution in [3.8, 4) is 0 Å². The first-order valence-electron chi connectivity index (χ1n) is 5.30. The number of nitrogens with zero attached hydrogens (tertiary/aromatic N) is 1. The number of carbonyl (C=O) groups is 1. The van der Waals surface area contributed by atoms with Gasteiger partial charge < -0.3 is 14.4 Å². The van der Waals surface area contributed by atoms with Crippen molar-refractivity contribution >= 4 is 5.91 Å². The van der Waals surface area contributed by atoms with Gasteiger partial charge in [-0.25, -0.2) is 0 Å². The molecule has 0 saturated carbocycles. The van der Waals surface area contributed by atoms with Crippen molar-refractivity contribution in [1.29, 1.82) is 0 Å². The van der Waals surface area contributed by atoms with E-state index in [4.69, 9.17) is 9.47 Å². The van der Waals surface area contributed by atoms with E-state index < -0.39 is 0 Å². The van der Waals surface area contributed by atoms with Crippen LogP contribution in [0.5, 0.6) is 0 Å². The summed E-state index contributed by atoms with van der Waals surface area (Å²) in [5.74, 6) is 0.235. The van der Waals surface area contributed by atoms with Crippen molar-refractivity contribution in [3.05, 3.63) is 0 Å². The minimum atomic E-state index is 0.235. The summed E-state index contributed by atoms with van der Waals surface area (Å²) in [5, 5.41) is 0. The van der Waals surface area contributed by atoms with Crippen molar-refractivity contribution < 1.29 is 14.3 Å². The molecule has 0 bridgehead atoms. The Bertz CT molecular complexity index is 197. The van der Waals surface area contributed by atoms with Gasteiger partial charge in [0.1, 0.15) is 0 Å². The molecule has 1 amide bonds. The zero-order valence-corrected chi connectivity index (χ0v) is 8.57. The Hall–Kier alpha value is -0.610. The van der Waals surface area contributed by atoms with Gasteiger partial charge in [0.15, 0.2) is 0 Å². The van der Waals surface area contributed by atoms with Crippen LogP contribution < -0.4 is 0 Å². The maximum absolute atomic E-state index is 11.7. The first-order chi connectivity index (χ1) is 6.79. The monoisotopic (exact) mass is 199 g/mol. The molecule has 0 aromatic heterocycles. The van der Waals surface area contributed by atoms with Crippen LogP contribution in [-0.2, 0) is 14.3 Å². The molecule has 2 atom stereocenters. The number of ether oxygens (including phenoxy) is 2. The van der Waals surface area contributed by atoms with Crippen LogP contribution in [0.15, 0.2) is 0 Å². The van der Waals surface area contributed by atoms with Gasteiger partial charge in [-0.15, -0.1) is 0 Å². The Labute approximate surface area is 84.2 Å². The summed E-state index contributed by atoms with van der Waals surface area (Å²) >= 11 is 0. The molecule has 2 heterocycles. The Morgan fingerprint density at radius 3 is 2.14 bits per heavy atom. The fourth-order valence-corrected chi connectivity index (χ4v) is 1.49. The van der Waals surface area contributed by atoms with E-state index in [-0.39, 0.29) is 18.1 Å². The molecule has 2 unspecified atom stereocenters. The number of carbonyl (C=O) groups excluding carboxylic acids is 1. The highest BCUT2D eigenvalue weighted by molar-refractivity contribution is 5.76. The van der Waals surface area contributed by atoms with Crippen LogP contribution in [0.25, 0.3) is 0 Å². The molecule has 0 aromatic carbocycles. The van der Waals surface area contributed by atoms with Crippen molar-refractivity contribution in [2.75, 3.05) is 26.3 Å². The van der Waals surface area contributed by atoms with E-state index >= 15 is 0 Å². The normalized spacial score (nSPS) is 28.6. The van der Waals surface area contributed by atoms with Crippen LogP contribution in [0.3, 0.4) is 0 Å². The molecular formula is C10H17NO3. The molecular weight excluding hydrogens is 182 g/mol. The second-order valence-electron chi connectivity index (χ2n) is 3.96. The largest absolute Gasteiger partial charge is 0.371 e. The highest BCUT2D eigenvalue weighted by Gasteiger charge is 2.32. The SMILES string of the molecule is CCCC(=O)N(CC1CO1)CC1CO1. The third-order valence-electron chi connectivity index (χ3n) is 2.47. The number of hydrogen-bond acceptors (Lipinski definition) is 3. The molecule has 2 fully saturated rings. The van der Waals surface area contributed by atoms with Gasteiger partial charge >= 0.3 is 0 Å². The molecule has 0 aliphatic carbocycles. The second kappa shape index (κ2) is 4.28. The molecule has 2 aliphatic rings. The minimum Gasteiger partial charge on any atom is -0.371 e. The maximum Gasteiger partial charge on any atom is 0.222 e. The summed E-state index contributed by atoms with van der Waals surface area (Å²) in [6, 6.07) is 0. The topological polar surface area (TPSA) is 45.4 Å². The zero-order chi connectivity index (χ0) is 9.97. The molecule has 4 heteroatoms. The lowest BCUT2D eigenvalue weighted by Crippen LogP contribution is -2.37. The zero-order valence-electron chi connectivity index (χ0n) is 8.57. The Balaban J connectivity index is 1.78. The number of epoxide rings is 2. The van der Waals surface area contributed by atoms with Crippen LogP contribution in [0.2, 0.25) is 0 Å². The van der Waals surface area contributed by atoms with Gasteiger partial charge in [0.25, 0.3) is 0 Å². The summed E-state index contributed by atoms with van der Waals surface area (Å²) in [6.07, 6.45) is 2.12. The van der Waals surface area contributed by atoms with E-state index in [2.05, 4.69) is 0 Å². The van der Waals surface area contributed by atoms with E-state index in [9.17, 15) is 4.79 Å². The maximum atomic E-state index is 11.7. The summed E-state index contributed by atoms with van der Waals surface area (Å²) < 4.78 is 10.3. The first-order valence-corrected chi connectivity index (χ1v) is 5.30. The van der Waals surface area contributed by atoms with Gasteiger partial charge in [-0.2, -0.15) is 0 Å². The van der Waals surface area contributed by atoms with Crippen LogP contribution >= 0.6 is 0 Å². The molecule has 0 aromatic rings. The van der Waals surface area contributed by atoms with Crippen molar-refractivity contribution in [2.24, 2.45) is 0 Å². The highest BCUT2D eigenvalue weighted by atomic mass is 16.6. The predicted molar refractivity (Wildman–Crippen MR) is 51.0 cm³/mol. The van der Waals surface area contributed by atoms with E-state index in [0.29, 0.717) is 6.42 Å². The molecule has 2 saturated heterocycles. The minimum absolute atomic E-state index is 0.235. The average Bonchev–Trinajstić information content (AvgIpc) is 2.97.